The van der Waals surface area contributed by atoms with Gasteiger partial charge in [0.05, 0.1) is 25.8 Å². The Hall–Kier alpha value is -1.34. The van der Waals surface area contributed by atoms with Crippen molar-refractivity contribution in [2.75, 3.05) is 17.7 Å². The molecule has 3 fully saturated rings. The summed E-state index contributed by atoms with van der Waals surface area (Å²) in [6, 6.07) is 1.29. The van der Waals surface area contributed by atoms with Crippen LogP contribution in [-0.4, -0.2) is 58.2 Å². The molecule has 11 heteroatoms. The molecule has 1 aromatic carbocycles. The summed E-state index contributed by atoms with van der Waals surface area (Å²) >= 11 is 6.91. The Labute approximate surface area is 243 Å². The fraction of sp³-hybridized carbons (Fsp3) is 0.577. The lowest BCUT2D eigenvalue weighted by Crippen LogP contribution is -2.59. The zero-order valence-electron chi connectivity index (χ0n) is 22.2. The Kier molecular flexibility index (Phi) is 7.75. The number of thioether (sulfide) groups is 1. The van der Waals surface area contributed by atoms with E-state index in [1.807, 2.05) is 53.9 Å². The van der Waals surface area contributed by atoms with Crippen molar-refractivity contribution in [1.82, 2.24) is 9.88 Å². The van der Waals surface area contributed by atoms with Crippen LogP contribution in [0.25, 0.3) is 10.9 Å². The summed E-state index contributed by atoms with van der Waals surface area (Å²) in [5, 5.41) is 1.14. The molecule has 2 aliphatic heterocycles. The van der Waals surface area contributed by atoms with Gasteiger partial charge in [0.25, 0.3) is 0 Å². The first-order valence-electron chi connectivity index (χ1n) is 12.1. The lowest BCUT2D eigenvalue weighted by atomic mass is 9.78. The van der Waals surface area contributed by atoms with Gasteiger partial charge >= 0.3 is 12.2 Å². The van der Waals surface area contributed by atoms with Crippen molar-refractivity contribution >= 4 is 79.1 Å². The number of hydrogen-bond acceptors (Lipinski definition) is 6. The Morgan fingerprint density at radius 2 is 1.84 bits per heavy atom. The molecule has 202 valence electrons. The van der Waals surface area contributed by atoms with Crippen molar-refractivity contribution in [2.24, 2.45) is 5.92 Å². The van der Waals surface area contributed by atoms with Crippen molar-refractivity contribution in [1.29, 1.82) is 0 Å². The number of pyridine rings is 1. The van der Waals surface area contributed by atoms with Crippen LogP contribution in [0, 0.1) is 22.2 Å². The number of hydrogen-bond donors (Lipinski definition) is 0. The van der Waals surface area contributed by atoms with Crippen LogP contribution in [0.4, 0.5) is 19.7 Å². The SMILES string of the molecule is CSc1nc2c(F)c(Br)c(C)cc2c(N(C(=O)OC(C)(C)C)[C@H]2[C@H]3C[C@H]2N(C(=O)OC(C)(C)C)C3)c1I. The largest absolute Gasteiger partial charge is 0.444 e. The van der Waals surface area contributed by atoms with E-state index in [1.54, 1.807) is 16.7 Å². The molecule has 0 N–H and O–H groups in total. The number of benzene rings is 1. The highest BCUT2D eigenvalue weighted by atomic mass is 127. The highest BCUT2D eigenvalue weighted by Gasteiger charge is 2.59. The molecule has 1 saturated carbocycles. The standard InChI is InChI=1S/C26H32BrFIN3O4S/c1-12-9-14-19(17(28)16(12)27)30-22(37-8)18(29)21(14)32(24(34)36-26(5,6)7)20-13-10-15(20)31(11-13)23(33)35-25(2,3)4/h9,13,15,20H,10-11H2,1-8H3/t13-,15+,20-/m0/s1. The highest BCUT2D eigenvalue weighted by Crippen LogP contribution is 2.49. The molecule has 1 aliphatic carbocycles. The summed E-state index contributed by atoms with van der Waals surface area (Å²) in [7, 11) is 0. The number of amides is 2. The van der Waals surface area contributed by atoms with Crippen molar-refractivity contribution in [3.63, 3.8) is 0 Å². The van der Waals surface area contributed by atoms with Crippen molar-refractivity contribution in [3.05, 3.63) is 25.5 Å². The Morgan fingerprint density at radius 3 is 2.41 bits per heavy atom. The van der Waals surface area contributed by atoms with Crippen LogP contribution in [0.1, 0.15) is 53.5 Å². The van der Waals surface area contributed by atoms with Crippen molar-refractivity contribution < 1.29 is 23.5 Å². The Bertz CT molecular complexity index is 1280. The number of rotatable bonds is 3. The summed E-state index contributed by atoms with van der Waals surface area (Å²) in [4.78, 5) is 34.9. The monoisotopic (exact) mass is 707 g/mol. The molecule has 37 heavy (non-hydrogen) atoms. The molecular weight excluding hydrogens is 676 g/mol. The van der Waals surface area contributed by atoms with E-state index in [0.29, 0.717) is 32.7 Å². The Balaban J connectivity index is 1.89. The van der Waals surface area contributed by atoms with Crippen LogP contribution >= 0.6 is 50.3 Å². The maximum atomic E-state index is 15.5. The van der Waals surface area contributed by atoms with Gasteiger partial charge in [0.2, 0.25) is 0 Å². The molecule has 2 bridgehead atoms. The fourth-order valence-electron chi connectivity index (χ4n) is 4.95. The number of anilines is 1. The minimum absolute atomic E-state index is 0.0446. The van der Waals surface area contributed by atoms with E-state index in [2.05, 4.69) is 43.5 Å². The second-order valence-corrected chi connectivity index (χ2v) is 14.2. The summed E-state index contributed by atoms with van der Waals surface area (Å²) in [5.41, 5.74) is 0.0587. The number of nitrogens with zero attached hydrogens (tertiary/aromatic N) is 3. The zero-order valence-corrected chi connectivity index (χ0v) is 26.8. The highest BCUT2D eigenvalue weighted by molar-refractivity contribution is 14.1. The van der Waals surface area contributed by atoms with E-state index in [-0.39, 0.29) is 23.5 Å². The van der Waals surface area contributed by atoms with Gasteiger partial charge in [-0.1, -0.05) is 0 Å². The number of aryl methyl sites for hydroxylation is 1. The molecule has 3 atom stereocenters. The van der Waals surface area contributed by atoms with Crippen LogP contribution in [0.3, 0.4) is 0 Å². The minimum atomic E-state index is -0.746. The summed E-state index contributed by atoms with van der Waals surface area (Å²) in [5.74, 6) is -0.428. The first-order chi connectivity index (χ1) is 17.0. The fourth-order valence-corrected chi connectivity index (χ4v) is 7.04. The maximum Gasteiger partial charge on any atom is 0.415 e. The molecular formula is C26H32BrFIN3O4S. The third-order valence-electron chi connectivity index (χ3n) is 6.43. The molecule has 0 radical (unpaired) electrons. The molecule has 0 spiro atoms. The smallest absolute Gasteiger partial charge is 0.415 e. The summed E-state index contributed by atoms with van der Waals surface area (Å²) in [6.45, 7) is 13.2. The number of halogens is 3. The van der Waals surface area contributed by atoms with Crippen LogP contribution < -0.4 is 4.90 Å². The molecule has 5 rings (SSSR count). The second kappa shape index (κ2) is 10.0. The number of carbonyl (C=O) groups is 2. The van der Waals surface area contributed by atoms with E-state index < -0.39 is 29.2 Å². The van der Waals surface area contributed by atoms with Gasteiger partial charge in [-0.3, -0.25) is 4.90 Å². The predicted molar refractivity (Wildman–Crippen MR) is 156 cm³/mol. The molecule has 3 heterocycles. The van der Waals surface area contributed by atoms with Crippen LogP contribution in [0.15, 0.2) is 15.6 Å². The first-order valence-corrected chi connectivity index (χ1v) is 15.2. The van der Waals surface area contributed by atoms with E-state index in [4.69, 9.17) is 9.47 Å². The van der Waals surface area contributed by atoms with E-state index in [0.717, 1.165) is 9.99 Å². The maximum absolute atomic E-state index is 15.5. The quantitative estimate of drug-likeness (QED) is 0.243. The van der Waals surface area contributed by atoms with Gasteiger partial charge in [-0.05, 0) is 111 Å². The average Bonchev–Trinajstić information content (AvgIpc) is 3.34. The first kappa shape index (κ1) is 28.7. The molecule has 3 aliphatic rings. The van der Waals surface area contributed by atoms with E-state index in [1.165, 1.54) is 11.8 Å². The van der Waals surface area contributed by atoms with Gasteiger partial charge in [-0.15, -0.1) is 11.8 Å². The molecule has 7 nitrogen and oxygen atoms in total. The minimum Gasteiger partial charge on any atom is -0.444 e. The second-order valence-electron chi connectivity index (χ2n) is 11.5. The van der Waals surface area contributed by atoms with E-state index >= 15 is 4.39 Å². The Morgan fingerprint density at radius 1 is 1.22 bits per heavy atom. The van der Waals surface area contributed by atoms with Crippen molar-refractivity contribution in [3.8, 4) is 0 Å². The number of fused-ring (bicyclic) bond motifs is 2. The predicted octanol–water partition coefficient (Wildman–Crippen LogP) is 7.52. The normalized spacial score (nSPS) is 21.2. The molecule has 2 aromatic rings. The van der Waals surface area contributed by atoms with Crippen LogP contribution in [0.2, 0.25) is 0 Å². The third kappa shape index (κ3) is 5.41. The van der Waals surface area contributed by atoms with Crippen molar-refractivity contribution in [2.45, 2.75) is 83.2 Å². The summed E-state index contributed by atoms with van der Waals surface area (Å²) in [6.07, 6.45) is 1.71. The van der Waals surface area contributed by atoms with Gasteiger partial charge in [-0.25, -0.2) is 19.0 Å². The molecule has 2 amide bonds. The number of ether oxygens (including phenoxy) is 2. The van der Waals surface area contributed by atoms with Gasteiger partial charge in [0, 0.05) is 17.8 Å². The topological polar surface area (TPSA) is 72.0 Å². The van der Waals surface area contributed by atoms with Gasteiger partial charge < -0.3 is 14.4 Å². The zero-order chi connectivity index (χ0) is 27.6. The van der Waals surface area contributed by atoms with E-state index in [9.17, 15) is 9.59 Å². The van der Waals surface area contributed by atoms with Gasteiger partial charge in [0.15, 0.2) is 5.82 Å². The van der Waals surface area contributed by atoms with Crippen LogP contribution in [-0.2, 0) is 9.47 Å². The lowest BCUT2D eigenvalue weighted by Gasteiger charge is -2.44. The lowest BCUT2D eigenvalue weighted by molar-refractivity contribution is 0.0216. The van der Waals surface area contributed by atoms with Gasteiger partial charge in [0.1, 0.15) is 21.7 Å². The van der Waals surface area contributed by atoms with Gasteiger partial charge in [-0.2, -0.15) is 0 Å². The average molecular weight is 708 g/mol. The molecule has 0 unspecified atom stereocenters. The number of aromatic nitrogens is 1. The molecule has 2 saturated heterocycles. The summed E-state index contributed by atoms with van der Waals surface area (Å²) < 4.78 is 28.1. The third-order valence-corrected chi connectivity index (χ3v) is 9.47. The molecule has 1 aromatic heterocycles. The number of carbonyl (C=O) groups excluding carboxylic acids is 2. The van der Waals surface area contributed by atoms with Crippen LogP contribution in [0.5, 0.6) is 0 Å².